The predicted octanol–water partition coefficient (Wildman–Crippen LogP) is 0.230. The Labute approximate surface area is 144 Å². The van der Waals surface area contributed by atoms with Crippen LogP contribution in [0.15, 0.2) is 40.1 Å². The molecule has 8 nitrogen and oxygen atoms in total. The fourth-order valence-electron chi connectivity index (χ4n) is 2.82. The van der Waals surface area contributed by atoms with Crippen LogP contribution in [-0.4, -0.2) is 45.0 Å². The number of carbonyl (C=O) groups is 1. The van der Waals surface area contributed by atoms with Crippen molar-refractivity contribution in [2.24, 2.45) is 0 Å². The van der Waals surface area contributed by atoms with Crippen molar-refractivity contribution in [2.75, 3.05) is 19.7 Å². The van der Waals surface area contributed by atoms with E-state index in [0.717, 1.165) is 0 Å². The van der Waals surface area contributed by atoms with Crippen molar-refractivity contribution < 1.29 is 9.53 Å². The van der Waals surface area contributed by atoms with E-state index in [-0.39, 0.29) is 23.4 Å². The summed E-state index contributed by atoms with van der Waals surface area (Å²) in [5.41, 5.74) is 0.240. The molecule has 0 spiro atoms. The van der Waals surface area contributed by atoms with E-state index in [2.05, 4.69) is 9.97 Å². The first kappa shape index (κ1) is 17.1. The summed E-state index contributed by atoms with van der Waals surface area (Å²) in [6, 6.07) is 6.31. The smallest absolute Gasteiger partial charge is 0.251 e. The van der Waals surface area contributed by atoms with Crippen LogP contribution in [0.3, 0.4) is 0 Å². The van der Waals surface area contributed by atoms with Crippen molar-refractivity contribution in [2.45, 2.75) is 26.0 Å². The minimum absolute atomic E-state index is 0.0564. The van der Waals surface area contributed by atoms with Gasteiger partial charge < -0.3 is 19.2 Å². The maximum absolute atomic E-state index is 12.5. The van der Waals surface area contributed by atoms with Gasteiger partial charge in [0.2, 0.25) is 5.91 Å². The number of nitrogens with one attached hydrogen (secondary N) is 1. The number of aromatic amines is 1. The maximum Gasteiger partial charge on any atom is 0.251 e. The number of aromatic nitrogens is 3. The van der Waals surface area contributed by atoms with Gasteiger partial charge in [-0.3, -0.25) is 14.4 Å². The molecule has 25 heavy (non-hydrogen) atoms. The van der Waals surface area contributed by atoms with E-state index >= 15 is 0 Å². The third kappa shape index (κ3) is 4.21. The van der Waals surface area contributed by atoms with Crippen LogP contribution in [-0.2, 0) is 16.1 Å². The number of hydrogen-bond donors (Lipinski definition) is 1. The van der Waals surface area contributed by atoms with Crippen molar-refractivity contribution in [3.63, 3.8) is 0 Å². The SMILES string of the molecule is Cc1cc(=O)[nH]c([C@@H]2CN(C(=O)CCn3ccccc3=O)CCO2)n1. The molecule has 0 radical (unpaired) electrons. The molecule has 1 saturated heterocycles. The second kappa shape index (κ2) is 7.43. The highest BCUT2D eigenvalue weighted by Crippen LogP contribution is 2.19. The standard InChI is InChI=1S/C17H20N4O4/c1-12-10-14(22)19-17(18-12)13-11-21(8-9-25-13)16(24)5-7-20-6-3-2-4-15(20)23/h2-4,6,10,13H,5,7-9,11H2,1H3,(H,18,19,22)/t13-/m0/s1. The lowest BCUT2D eigenvalue weighted by Gasteiger charge is -2.32. The number of rotatable bonds is 4. The van der Waals surface area contributed by atoms with E-state index in [0.29, 0.717) is 37.8 Å². The number of nitrogens with zero attached hydrogens (tertiary/aromatic N) is 3. The zero-order valence-electron chi connectivity index (χ0n) is 14.0. The van der Waals surface area contributed by atoms with Gasteiger partial charge in [-0.15, -0.1) is 0 Å². The topological polar surface area (TPSA) is 97.3 Å². The Morgan fingerprint density at radius 1 is 1.40 bits per heavy atom. The predicted molar refractivity (Wildman–Crippen MR) is 90.2 cm³/mol. The van der Waals surface area contributed by atoms with Gasteiger partial charge in [-0.1, -0.05) is 6.07 Å². The molecule has 1 fully saturated rings. The molecule has 1 aliphatic heterocycles. The first-order valence-electron chi connectivity index (χ1n) is 8.15. The quantitative estimate of drug-likeness (QED) is 0.856. The fraction of sp³-hybridized carbons (Fsp3) is 0.412. The first-order chi connectivity index (χ1) is 12.0. The summed E-state index contributed by atoms with van der Waals surface area (Å²) < 4.78 is 7.16. The molecule has 2 aromatic heterocycles. The number of H-pyrrole nitrogens is 1. The number of morpholine rings is 1. The lowest BCUT2D eigenvalue weighted by atomic mass is 10.2. The Kier molecular flexibility index (Phi) is 5.08. The summed E-state index contributed by atoms with van der Waals surface area (Å²) in [4.78, 5) is 44.4. The maximum atomic E-state index is 12.5. The number of amides is 1. The third-order valence-corrected chi connectivity index (χ3v) is 4.08. The molecule has 0 unspecified atom stereocenters. The van der Waals surface area contributed by atoms with Crippen LogP contribution in [0.1, 0.15) is 24.0 Å². The second-order valence-electron chi connectivity index (χ2n) is 5.95. The number of aryl methyl sites for hydroxylation is 2. The summed E-state index contributed by atoms with van der Waals surface area (Å²) >= 11 is 0. The first-order valence-corrected chi connectivity index (χ1v) is 8.15. The highest BCUT2D eigenvalue weighted by molar-refractivity contribution is 5.76. The Morgan fingerprint density at radius 2 is 2.24 bits per heavy atom. The van der Waals surface area contributed by atoms with Crippen LogP contribution >= 0.6 is 0 Å². The molecule has 1 atom stereocenters. The molecule has 2 aromatic rings. The van der Waals surface area contributed by atoms with Gasteiger partial charge in [0.15, 0.2) is 0 Å². The minimum Gasteiger partial charge on any atom is -0.367 e. The average Bonchev–Trinajstić information content (AvgIpc) is 2.60. The van der Waals surface area contributed by atoms with Gasteiger partial charge in [-0.2, -0.15) is 0 Å². The normalized spacial score (nSPS) is 17.5. The molecule has 3 rings (SSSR count). The van der Waals surface area contributed by atoms with Crippen molar-refractivity contribution in [3.05, 3.63) is 62.7 Å². The van der Waals surface area contributed by atoms with Crippen molar-refractivity contribution >= 4 is 5.91 Å². The number of ether oxygens (including phenoxy) is 1. The molecule has 0 aliphatic carbocycles. The zero-order chi connectivity index (χ0) is 17.8. The molecule has 1 N–H and O–H groups in total. The Balaban J connectivity index is 1.64. The molecule has 8 heteroatoms. The number of pyridine rings is 1. The molecule has 132 valence electrons. The lowest BCUT2D eigenvalue weighted by Crippen LogP contribution is -2.43. The lowest BCUT2D eigenvalue weighted by molar-refractivity contribution is -0.139. The van der Waals surface area contributed by atoms with Crippen LogP contribution in [0.4, 0.5) is 0 Å². The van der Waals surface area contributed by atoms with Gasteiger partial charge in [-0.25, -0.2) is 4.98 Å². The molecule has 3 heterocycles. The second-order valence-corrected chi connectivity index (χ2v) is 5.95. The van der Waals surface area contributed by atoms with Crippen molar-refractivity contribution in [3.8, 4) is 0 Å². The van der Waals surface area contributed by atoms with Crippen molar-refractivity contribution in [1.82, 2.24) is 19.4 Å². The Hall–Kier alpha value is -2.74. The van der Waals surface area contributed by atoms with Gasteiger partial charge >= 0.3 is 0 Å². The number of carbonyl (C=O) groups excluding carboxylic acids is 1. The van der Waals surface area contributed by atoms with Crippen LogP contribution in [0.25, 0.3) is 0 Å². The fourth-order valence-corrected chi connectivity index (χ4v) is 2.82. The largest absolute Gasteiger partial charge is 0.367 e. The highest BCUT2D eigenvalue weighted by Gasteiger charge is 2.26. The average molecular weight is 344 g/mol. The van der Waals surface area contributed by atoms with E-state index in [1.165, 1.54) is 16.7 Å². The van der Waals surface area contributed by atoms with E-state index in [4.69, 9.17) is 4.74 Å². The molecule has 0 bridgehead atoms. The van der Waals surface area contributed by atoms with Crippen LogP contribution in [0.5, 0.6) is 0 Å². The van der Waals surface area contributed by atoms with E-state index in [1.807, 2.05) is 0 Å². The van der Waals surface area contributed by atoms with Crippen molar-refractivity contribution in [1.29, 1.82) is 0 Å². The zero-order valence-corrected chi connectivity index (χ0v) is 14.0. The molecule has 0 aromatic carbocycles. The summed E-state index contributed by atoms with van der Waals surface area (Å²) in [5.74, 6) is 0.376. The Bertz CT molecular complexity index is 873. The summed E-state index contributed by atoms with van der Waals surface area (Å²) in [7, 11) is 0. The van der Waals surface area contributed by atoms with Gasteiger partial charge in [0.1, 0.15) is 11.9 Å². The molecule has 0 saturated carbocycles. The highest BCUT2D eigenvalue weighted by atomic mass is 16.5. The van der Waals surface area contributed by atoms with Gasteiger partial charge in [0.25, 0.3) is 11.1 Å². The van der Waals surface area contributed by atoms with E-state index < -0.39 is 6.10 Å². The van der Waals surface area contributed by atoms with E-state index in [1.54, 1.807) is 30.2 Å². The van der Waals surface area contributed by atoms with E-state index in [9.17, 15) is 14.4 Å². The van der Waals surface area contributed by atoms with Gasteiger partial charge in [0, 0.05) is 43.5 Å². The van der Waals surface area contributed by atoms with Crippen LogP contribution < -0.4 is 11.1 Å². The van der Waals surface area contributed by atoms with Gasteiger partial charge in [0.05, 0.1) is 13.2 Å². The van der Waals surface area contributed by atoms with Crippen LogP contribution in [0, 0.1) is 6.92 Å². The van der Waals surface area contributed by atoms with Crippen LogP contribution in [0.2, 0.25) is 0 Å². The molecule has 1 aliphatic rings. The molecular formula is C17H20N4O4. The summed E-state index contributed by atoms with van der Waals surface area (Å²) in [6.45, 7) is 3.26. The summed E-state index contributed by atoms with van der Waals surface area (Å²) in [6.07, 6.45) is 1.44. The molecular weight excluding hydrogens is 324 g/mol. The monoisotopic (exact) mass is 344 g/mol. The number of hydrogen-bond acceptors (Lipinski definition) is 5. The Morgan fingerprint density at radius 3 is 3.00 bits per heavy atom. The third-order valence-electron chi connectivity index (χ3n) is 4.08. The molecule has 1 amide bonds. The van der Waals surface area contributed by atoms with Gasteiger partial charge in [-0.05, 0) is 13.0 Å². The minimum atomic E-state index is -0.454. The summed E-state index contributed by atoms with van der Waals surface area (Å²) in [5, 5.41) is 0.